The number of aromatic nitrogens is 3. The molecule has 0 radical (unpaired) electrons. The molecule has 2 aromatic heterocycles. The Hall–Kier alpha value is -2.73. The van der Waals surface area contributed by atoms with E-state index in [1.807, 2.05) is 30.3 Å². The molecule has 1 N–H and O–H groups in total. The van der Waals surface area contributed by atoms with Crippen molar-refractivity contribution in [3.8, 4) is 0 Å². The number of nitrogens with one attached hydrogen (secondary N) is 1. The van der Waals surface area contributed by atoms with Gasteiger partial charge < -0.3 is 5.32 Å². The van der Waals surface area contributed by atoms with E-state index < -0.39 is 0 Å². The van der Waals surface area contributed by atoms with E-state index in [1.54, 1.807) is 6.07 Å². The first kappa shape index (κ1) is 18.6. The number of hydrogen-bond acceptors (Lipinski definition) is 4. The molecule has 6 heteroatoms. The van der Waals surface area contributed by atoms with Crippen molar-refractivity contribution in [2.24, 2.45) is 5.92 Å². The van der Waals surface area contributed by atoms with Gasteiger partial charge in [-0.1, -0.05) is 38.1 Å². The minimum absolute atomic E-state index is 0.171. The summed E-state index contributed by atoms with van der Waals surface area (Å²) in [4.78, 5) is 19.5. The molecule has 3 aromatic rings. The lowest BCUT2D eigenvalue weighted by Crippen LogP contribution is -2.27. The van der Waals surface area contributed by atoms with Crippen LogP contribution in [-0.4, -0.2) is 38.7 Å². The Kier molecular flexibility index (Phi) is 5.39. The average Bonchev–Trinajstić information content (AvgIpc) is 2.97. The zero-order chi connectivity index (χ0) is 19.5. The van der Waals surface area contributed by atoms with E-state index in [1.165, 1.54) is 5.69 Å². The Morgan fingerprint density at radius 3 is 2.89 bits per heavy atom. The minimum atomic E-state index is -0.171. The molecular formula is C22H27N5O. The van der Waals surface area contributed by atoms with E-state index in [0.29, 0.717) is 18.2 Å². The first-order valence-corrected chi connectivity index (χ1v) is 10.0. The van der Waals surface area contributed by atoms with Crippen LogP contribution in [0.1, 0.15) is 42.1 Å². The molecule has 146 valence electrons. The van der Waals surface area contributed by atoms with E-state index >= 15 is 0 Å². The number of aryl methyl sites for hydroxylation is 1. The van der Waals surface area contributed by atoms with Gasteiger partial charge >= 0.3 is 0 Å². The quantitative estimate of drug-likeness (QED) is 0.742. The van der Waals surface area contributed by atoms with Crippen molar-refractivity contribution in [1.29, 1.82) is 0 Å². The maximum Gasteiger partial charge on any atom is 0.270 e. The Morgan fingerprint density at radius 2 is 2.04 bits per heavy atom. The number of hydrogen-bond donors (Lipinski definition) is 1. The fourth-order valence-electron chi connectivity index (χ4n) is 3.80. The first-order valence-electron chi connectivity index (χ1n) is 10.0. The van der Waals surface area contributed by atoms with Gasteiger partial charge in [-0.05, 0) is 30.5 Å². The van der Waals surface area contributed by atoms with E-state index in [-0.39, 0.29) is 5.91 Å². The third-order valence-corrected chi connectivity index (χ3v) is 5.03. The highest BCUT2D eigenvalue weighted by Crippen LogP contribution is 2.16. The van der Waals surface area contributed by atoms with E-state index in [4.69, 9.17) is 5.10 Å². The smallest absolute Gasteiger partial charge is 0.270 e. The molecule has 0 aliphatic carbocycles. The molecule has 4 rings (SSSR count). The first-order chi connectivity index (χ1) is 13.6. The average molecular weight is 377 g/mol. The number of nitrogens with zero attached hydrogens (tertiary/aromatic N) is 4. The molecule has 0 spiro atoms. The zero-order valence-electron chi connectivity index (χ0n) is 16.6. The second-order valence-corrected chi connectivity index (χ2v) is 7.90. The summed E-state index contributed by atoms with van der Waals surface area (Å²) in [6.07, 6.45) is 1.11. The molecule has 0 bridgehead atoms. The van der Waals surface area contributed by atoms with Crippen molar-refractivity contribution in [3.63, 3.8) is 0 Å². The highest BCUT2D eigenvalue weighted by Gasteiger charge is 2.18. The molecule has 1 amide bonds. The van der Waals surface area contributed by atoms with Gasteiger partial charge in [-0.3, -0.25) is 14.4 Å². The van der Waals surface area contributed by atoms with Crippen LogP contribution in [0.15, 0.2) is 42.5 Å². The van der Waals surface area contributed by atoms with Crippen LogP contribution < -0.4 is 5.32 Å². The Balaban J connectivity index is 1.41. The molecule has 1 aliphatic rings. The second kappa shape index (κ2) is 8.10. The largest absolute Gasteiger partial charge is 0.345 e. The molecule has 0 unspecified atom stereocenters. The third-order valence-electron chi connectivity index (χ3n) is 5.03. The van der Waals surface area contributed by atoms with Crippen LogP contribution in [0.4, 0.5) is 0 Å². The molecule has 0 saturated carbocycles. The summed E-state index contributed by atoms with van der Waals surface area (Å²) in [6, 6.07) is 13.6. The summed E-state index contributed by atoms with van der Waals surface area (Å²) in [5.41, 5.74) is 3.39. The predicted molar refractivity (Wildman–Crippen MR) is 110 cm³/mol. The summed E-state index contributed by atoms with van der Waals surface area (Å²) < 4.78 is 2.09. The van der Waals surface area contributed by atoms with Crippen molar-refractivity contribution in [1.82, 2.24) is 25.0 Å². The third kappa shape index (κ3) is 4.22. The lowest BCUT2D eigenvalue weighted by molar-refractivity contribution is 0.0945. The van der Waals surface area contributed by atoms with Crippen LogP contribution in [0.3, 0.4) is 0 Å². The van der Waals surface area contributed by atoms with Crippen molar-refractivity contribution >= 4 is 16.8 Å². The van der Waals surface area contributed by atoms with Gasteiger partial charge in [0.15, 0.2) is 0 Å². The van der Waals surface area contributed by atoms with Crippen molar-refractivity contribution in [3.05, 3.63) is 59.5 Å². The fourth-order valence-corrected chi connectivity index (χ4v) is 3.80. The van der Waals surface area contributed by atoms with E-state index in [2.05, 4.69) is 39.8 Å². The van der Waals surface area contributed by atoms with Crippen LogP contribution in [0.25, 0.3) is 10.9 Å². The molecule has 3 heterocycles. The number of amides is 1. The number of carbonyl (C=O) groups excluding carboxylic acids is 1. The molecule has 6 nitrogen and oxygen atoms in total. The Morgan fingerprint density at radius 1 is 1.18 bits per heavy atom. The highest BCUT2D eigenvalue weighted by molar-refractivity contribution is 5.94. The van der Waals surface area contributed by atoms with Gasteiger partial charge in [-0.15, -0.1) is 0 Å². The molecule has 1 aliphatic heterocycles. The number of pyridine rings is 1. The van der Waals surface area contributed by atoms with Gasteiger partial charge in [0, 0.05) is 31.6 Å². The number of fused-ring (bicyclic) bond motifs is 2. The maximum atomic E-state index is 12.5. The second-order valence-electron chi connectivity index (χ2n) is 7.90. The van der Waals surface area contributed by atoms with Crippen molar-refractivity contribution < 1.29 is 4.79 Å². The van der Waals surface area contributed by atoms with Crippen molar-refractivity contribution in [2.45, 2.75) is 39.9 Å². The molecule has 28 heavy (non-hydrogen) atoms. The van der Waals surface area contributed by atoms with Gasteiger partial charge in [0.05, 0.1) is 23.4 Å². The summed E-state index contributed by atoms with van der Waals surface area (Å²) in [6.45, 7) is 8.99. The Labute approximate surface area is 165 Å². The molecule has 0 atom stereocenters. The van der Waals surface area contributed by atoms with Gasteiger partial charge in [-0.25, -0.2) is 4.98 Å². The highest BCUT2D eigenvalue weighted by atomic mass is 16.1. The zero-order valence-corrected chi connectivity index (χ0v) is 16.6. The topological polar surface area (TPSA) is 63.1 Å². The minimum Gasteiger partial charge on any atom is -0.345 e. The van der Waals surface area contributed by atoms with Crippen LogP contribution in [0, 0.1) is 5.92 Å². The van der Waals surface area contributed by atoms with Gasteiger partial charge in [-0.2, -0.15) is 5.10 Å². The summed E-state index contributed by atoms with van der Waals surface area (Å²) in [7, 11) is 0. The number of benzene rings is 1. The van der Waals surface area contributed by atoms with Crippen LogP contribution in [0.2, 0.25) is 0 Å². The molecule has 1 aromatic carbocycles. The standard InChI is InChI=1S/C22H27N5O/c1-16(2)14-26-10-5-11-27-19(15-26)12-18(25-27)13-23-22(28)21-9-8-17-6-3-4-7-20(17)24-21/h3-4,6-9,12,16H,5,10-11,13-15H2,1-2H3,(H,23,28). The lowest BCUT2D eigenvalue weighted by Gasteiger charge is -2.21. The molecule has 0 fully saturated rings. The van der Waals surface area contributed by atoms with Crippen LogP contribution in [-0.2, 0) is 19.6 Å². The summed E-state index contributed by atoms with van der Waals surface area (Å²) in [5, 5.41) is 8.68. The summed E-state index contributed by atoms with van der Waals surface area (Å²) in [5.74, 6) is 0.484. The SMILES string of the molecule is CC(C)CN1CCCn2nc(CNC(=O)c3ccc4ccccc4n3)cc2C1. The number of para-hydroxylation sites is 1. The van der Waals surface area contributed by atoms with Crippen LogP contribution in [0.5, 0.6) is 0 Å². The Bertz CT molecular complexity index is 978. The number of carbonyl (C=O) groups is 1. The molecule has 0 saturated heterocycles. The maximum absolute atomic E-state index is 12.5. The van der Waals surface area contributed by atoms with E-state index in [0.717, 1.165) is 49.2 Å². The predicted octanol–water partition coefficient (Wildman–Crippen LogP) is 3.22. The van der Waals surface area contributed by atoms with Gasteiger partial charge in [0.1, 0.15) is 5.69 Å². The lowest BCUT2D eigenvalue weighted by atomic mass is 10.2. The number of rotatable bonds is 5. The van der Waals surface area contributed by atoms with E-state index in [9.17, 15) is 4.79 Å². The van der Waals surface area contributed by atoms with Crippen molar-refractivity contribution in [2.75, 3.05) is 13.1 Å². The molecular weight excluding hydrogens is 350 g/mol. The van der Waals surface area contributed by atoms with Gasteiger partial charge in [0.2, 0.25) is 0 Å². The fraction of sp³-hybridized carbons (Fsp3) is 0.409. The normalized spacial score (nSPS) is 14.8. The van der Waals surface area contributed by atoms with Gasteiger partial charge in [0.25, 0.3) is 5.91 Å². The monoisotopic (exact) mass is 377 g/mol. The summed E-state index contributed by atoms with van der Waals surface area (Å²) >= 11 is 0. The van der Waals surface area contributed by atoms with Crippen LogP contribution >= 0.6 is 0 Å².